The number of ketones is 1. The molecule has 2 spiro atoms. The normalized spacial score (nSPS) is 24.7. The number of amides is 4. The maximum atomic E-state index is 16.3. The van der Waals surface area contributed by atoms with Crippen LogP contribution < -0.4 is 26.6 Å². The maximum Gasteiger partial charge on any atom is 0.255 e. The van der Waals surface area contributed by atoms with Crippen LogP contribution in [0.3, 0.4) is 0 Å². The highest BCUT2D eigenvalue weighted by molar-refractivity contribution is 6.31. The number of benzene rings is 4. The zero-order valence-electron chi connectivity index (χ0n) is 37.2. The number of fused-ring (bicyclic) bond motifs is 4. The van der Waals surface area contributed by atoms with Gasteiger partial charge < -0.3 is 31.1 Å². The molecule has 348 valence electrons. The minimum Gasteiger partial charge on any atom is -0.382 e. The van der Waals surface area contributed by atoms with Gasteiger partial charge in [-0.05, 0) is 117 Å². The molecule has 10 rings (SSSR count). The highest BCUT2D eigenvalue weighted by Crippen LogP contribution is 2.63. The number of hydrogen-bond acceptors (Lipinski definition) is 8. The number of Topliss-reactive ketones (excluding diaryl/α,β-unsaturated/α-hetero) is 1. The Labute approximate surface area is 399 Å². The lowest BCUT2D eigenvalue weighted by molar-refractivity contribution is -0.126. The summed E-state index contributed by atoms with van der Waals surface area (Å²) in [5.74, 6) is -2.64. The molecule has 5 aliphatic heterocycles. The Hall–Kier alpha value is -5.60. The Balaban J connectivity index is 0.759. The van der Waals surface area contributed by atoms with E-state index < -0.39 is 40.7 Å². The lowest BCUT2D eigenvalue weighted by Gasteiger charge is -2.47. The second-order valence-corrected chi connectivity index (χ2v) is 19.9. The van der Waals surface area contributed by atoms with E-state index in [4.69, 9.17) is 23.2 Å². The Bertz CT molecular complexity index is 2680. The van der Waals surface area contributed by atoms with Gasteiger partial charge in [-0.2, -0.15) is 0 Å². The fourth-order valence-corrected chi connectivity index (χ4v) is 12.5. The van der Waals surface area contributed by atoms with Crippen molar-refractivity contribution in [1.82, 2.24) is 20.4 Å². The Kier molecular flexibility index (Phi) is 12.2. The molecule has 4 aromatic carbocycles. The van der Waals surface area contributed by atoms with Crippen LogP contribution in [0.25, 0.3) is 0 Å². The average molecular weight is 947 g/mol. The zero-order valence-corrected chi connectivity index (χ0v) is 38.7. The van der Waals surface area contributed by atoms with Gasteiger partial charge in [0.05, 0.1) is 11.1 Å². The van der Waals surface area contributed by atoms with Crippen LogP contribution in [-0.2, 0) is 26.3 Å². The van der Waals surface area contributed by atoms with Crippen LogP contribution in [0.2, 0.25) is 10.0 Å². The lowest BCUT2D eigenvalue weighted by Crippen LogP contribution is -2.60. The maximum absolute atomic E-state index is 16.3. The molecule has 6 aliphatic rings. The summed E-state index contributed by atoms with van der Waals surface area (Å²) in [6, 6.07) is 21.3. The predicted molar refractivity (Wildman–Crippen MR) is 257 cm³/mol. The molecule has 1 aliphatic carbocycles. The number of nitrogens with one attached hydrogen (secondary N) is 5. The molecule has 0 aromatic heterocycles. The largest absolute Gasteiger partial charge is 0.382 e. The highest BCUT2D eigenvalue weighted by atomic mass is 35.5. The first kappa shape index (κ1) is 45.2. The first-order chi connectivity index (χ1) is 32.4. The average Bonchev–Trinajstić information content (AvgIpc) is 3.92. The summed E-state index contributed by atoms with van der Waals surface area (Å²) in [6.07, 6.45) is 7.98. The van der Waals surface area contributed by atoms with Crippen LogP contribution in [0.5, 0.6) is 0 Å². The topological polar surface area (TPSA) is 152 Å². The van der Waals surface area contributed by atoms with Crippen molar-refractivity contribution in [3.8, 4) is 0 Å². The molecule has 12 nitrogen and oxygen atoms in total. The van der Waals surface area contributed by atoms with E-state index in [0.717, 1.165) is 63.0 Å². The van der Waals surface area contributed by atoms with E-state index in [1.807, 2.05) is 24.3 Å². The molecule has 4 amide bonds. The van der Waals surface area contributed by atoms with Crippen molar-refractivity contribution in [1.29, 1.82) is 0 Å². The van der Waals surface area contributed by atoms with Gasteiger partial charge in [-0.1, -0.05) is 73.3 Å². The molecule has 15 heteroatoms. The van der Waals surface area contributed by atoms with Crippen LogP contribution in [0.15, 0.2) is 91.1 Å². The molecular formula is C52H54Cl2FN7O5. The van der Waals surface area contributed by atoms with Crippen LogP contribution in [0.1, 0.15) is 114 Å². The molecule has 0 radical (unpaired) electrons. The van der Waals surface area contributed by atoms with Gasteiger partial charge in [0.25, 0.3) is 5.91 Å². The standard InChI is InChI=1S/C52H54Cl2FN7O5/c1-30-13-20-42(47(64)56-30)62-29-37-35(49(62)66)8-6-11-40(37)57-34-21-26-61(27-22-34)25-7-12-43(63)31-14-17-33(18-15-31)58-48(65)46-44(36-9-5-10-39(54)45(36)55)52(51(60-46)23-3-2-4-24-51)38-19-16-32(53)28-41(38)59-50(52)67/h5-6,8-11,14-19,28,34,42,44,46,57,60H,1-4,7,12-13,20-27,29H2,(H,56,64)(H,58,65)(H,59,67)/t42?,44-,46+,52+/m0/s1. The molecule has 4 atom stereocenters. The zero-order chi connectivity index (χ0) is 46.6. The number of carbonyl (C=O) groups is 5. The van der Waals surface area contributed by atoms with Gasteiger partial charge in [0.15, 0.2) is 5.78 Å². The Morgan fingerprint density at radius 2 is 1.66 bits per heavy atom. The second-order valence-electron chi connectivity index (χ2n) is 19.1. The molecule has 1 unspecified atom stereocenters. The van der Waals surface area contributed by atoms with Gasteiger partial charge in [-0.15, -0.1) is 0 Å². The number of hydrogen-bond donors (Lipinski definition) is 5. The van der Waals surface area contributed by atoms with E-state index >= 15 is 4.39 Å². The molecule has 0 bridgehead atoms. The third-order valence-electron chi connectivity index (χ3n) is 15.3. The van der Waals surface area contributed by atoms with Gasteiger partial charge in [0.1, 0.15) is 17.3 Å². The van der Waals surface area contributed by atoms with Crippen LogP contribution >= 0.6 is 23.2 Å². The molecule has 4 fully saturated rings. The number of rotatable bonds is 11. The quantitative estimate of drug-likeness (QED) is 0.0938. The highest BCUT2D eigenvalue weighted by Gasteiger charge is 2.72. The number of nitrogens with zero attached hydrogens (tertiary/aromatic N) is 2. The van der Waals surface area contributed by atoms with Gasteiger partial charge in [0, 0.05) is 88.0 Å². The van der Waals surface area contributed by atoms with Crippen LogP contribution in [0.4, 0.5) is 21.5 Å². The molecule has 5 N–H and O–H groups in total. The van der Waals surface area contributed by atoms with E-state index in [1.165, 1.54) is 6.07 Å². The van der Waals surface area contributed by atoms with Crippen LogP contribution in [0, 0.1) is 5.82 Å². The number of anilines is 3. The monoisotopic (exact) mass is 945 g/mol. The third kappa shape index (κ3) is 8.01. The van der Waals surface area contributed by atoms with Crippen molar-refractivity contribution in [2.24, 2.45) is 0 Å². The van der Waals surface area contributed by atoms with Crippen LogP contribution in [-0.4, -0.2) is 82.5 Å². The molecular weight excluding hydrogens is 893 g/mol. The van der Waals surface area contributed by atoms with Gasteiger partial charge >= 0.3 is 0 Å². The summed E-state index contributed by atoms with van der Waals surface area (Å²) in [5, 5.41) is 16.6. The minimum atomic E-state index is -1.34. The first-order valence-corrected chi connectivity index (χ1v) is 24.3. The van der Waals surface area contributed by atoms with Gasteiger partial charge in [0.2, 0.25) is 17.7 Å². The minimum absolute atomic E-state index is 0.00717. The van der Waals surface area contributed by atoms with Crippen molar-refractivity contribution < 1.29 is 28.4 Å². The number of carbonyl (C=O) groups excluding carboxylic acids is 5. The second kappa shape index (κ2) is 18.1. The number of allylic oxidation sites excluding steroid dienone is 1. The molecule has 67 heavy (non-hydrogen) atoms. The molecule has 5 heterocycles. The van der Waals surface area contributed by atoms with E-state index in [9.17, 15) is 24.0 Å². The summed E-state index contributed by atoms with van der Waals surface area (Å²) in [7, 11) is 0. The van der Waals surface area contributed by atoms with Crippen molar-refractivity contribution in [3.05, 3.63) is 135 Å². The molecule has 4 aromatic rings. The van der Waals surface area contributed by atoms with E-state index in [-0.39, 0.29) is 40.1 Å². The summed E-state index contributed by atoms with van der Waals surface area (Å²) >= 11 is 12.8. The summed E-state index contributed by atoms with van der Waals surface area (Å²) in [4.78, 5) is 72.8. The molecule has 3 saturated heterocycles. The fourth-order valence-electron chi connectivity index (χ4n) is 12.1. The lowest BCUT2D eigenvalue weighted by atomic mass is 9.55. The first-order valence-electron chi connectivity index (χ1n) is 23.5. The van der Waals surface area contributed by atoms with E-state index in [1.54, 1.807) is 53.4 Å². The summed E-state index contributed by atoms with van der Waals surface area (Å²) in [6.45, 7) is 6.80. The van der Waals surface area contributed by atoms with Crippen molar-refractivity contribution >= 4 is 69.7 Å². The summed E-state index contributed by atoms with van der Waals surface area (Å²) in [5.41, 5.74) is 3.43. The van der Waals surface area contributed by atoms with E-state index in [0.29, 0.717) is 83.9 Å². The predicted octanol–water partition coefficient (Wildman–Crippen LogP) is 8.71. The fraction of sp³-hybridized carbons (Fsp3) is 0.404. The summed E-state index contributed by atoms with van der Waals surface area (Å²) < 4.78 is 16.3. The van der Waals surface area contributed by atoms with Gasteiger partial charge in [-0.25, -0.2) is 4.39 Å². The van der Waals surface area contributed by atoms with E-state index in [2.05, 4.69) is 38.1 Å². The van der Waals surface area contributed by atoms with Crippen molar-refractivity contribution in [2.75, 3.05) is 35.6 Å². The number of halogens is 3. The Morgan fingerprint density at radius 1 is 0.896 bits per heavy atom. The van der Waals surface area contributed by atoms with Crippen molar-refractivity contribution in [3.63, 3.8) is 0 Å². The number of likely N-dealkylation sites (tertiary alicyclic amines) is 1. The SMILES string of the molecule is C=C1CCC(N2Cc3c(NC4CCN(CCCC(=O)c5ccc(NC(=O)[C@@H]6NC7(CCCCC7)[C@@]7(C(=O)Nc8cc(Cl)ccc87)[C@H]6c6cccc(Cl)c6F)cc5)CC4)cccc3C2=O)C(=O)N1. The van der Waals surface area contributed by atoms with Gasteiger partial charge in [-0.3, -0.25) is 29.3 Å². The Morgan fingerprint density at radius 3 is 2.42 bits per heavy atom. The third-order valence-corrected chi connectivity index (χ3v) is 15.8. The van der Waals surface area contributed by atoms with Crippen molar-refractivity contribution in [2.45, 2.75) is 112 Å². The smallest absolute Gasteiger partial charge is 0.255 e. The molecule has 1 saturated carbocycles. The number of piperidine rings is 2.